The average molecular weight is 289 g/mol. The van der Waals surface area contributed by atoms with Crippen LogP contribution in [0.25, 0.3) is 0 Å². The third-order valence-electron chi connectivity index (χ3n) is 1.43. The van der Waals surface area contributed by atoms with Gasteiger partial charge in [0.25, 0.3) is 5.91 Å². The number of carbonyl (C=O) groups is 1. The molecule has 0 saturated carbocycles. The molecular weight excluding hydrogens is 281 g/mol. The number of aromatic nitrogens is 1. The largest absolute Gasteiger partial charge is 0.411 e. The topological polar surface area (TPSA) is 51.2 Å². The standard InChI is InChI=1S/C8H8ClF3N2O2S/c9-1-5-3-17-7(13-5)14-6(15)2-16-4-8(10,11)12/h3H,1-2,4H2,(H,13,14,15). The molecule has 1 aromatic heterocycles. The van der Waals surface area contributed by atoms with E-state index in [4.69, 9.17) is 11.6 Å². The lowest BCUT2D eigenvalue weighted by atomic mass is 10.6. The number of thiazole rings is 1. The van der Waals surface area contributed by atoms with Crippen molar-refractivity contribution in [3.8, 4) is 0 Å². The smallest absolute Gasteiger partial charge is 0.362 e. The fourth-order valence-corrected chi connectivity index (χ4v) is 1.80. The highest BCUT2D eigenvalue weighted by atomic mass is 35.5. The van der Waals surface area contributed by atoms with Crippen LogP contribution in [0.15, 0.2) is 5.38 Å². The molecule has 1 N–H and O–H groups in total. The normalized spacial score (nSPS) is 11.5. The number of anilines is 1. The minimum atomic E-state index is -4.44. The second-order valence-electron chi connectivity index (χ2n) is 2.93. The van der Waals surface area contributed by atoms with Gasteiger partial charge in [0.15, 0.2) is 5.13 Å². The van der Waals surface area contributed by atoms with Crippen LogP contribution in [0, 0.1) is 0 Å². The summed E-state index contributed by atoms with van der Waals surface area (Å²) >= 11 is 6.63. The number of hydrogen-bond donors (Lipinski definition) is 1. The summed E-state index contributed by atoms with van der Waals surface area (Å²) < 4.78 is 39.3. The molecule has 0 unspecified atom stereocenters. The van der Waals surface area contributed by atoms with Crippen LogP contribution in [0.3, 0.4) is 0 Å². The maximum Gasteiger partial charge on any atom is 0.411 e. The highest BCUT2D eigenvalue weighted by Gasteiger charge is 2.27. The van der Waals surface area contributed by atoms with Crippen molar-refractivity contribution in [3.63, 3.8) is 0 Å². The Labute approximate surface area is 104 Å². The van der Waals surface area contributed by atoms with E-state index in [9.17, 15) is 18.0 Å². The number of ether oxygens (including phenoxy) is 1. The molecule has 0 aliphatic heterocycles. The lowest BCUT2D eigenvalue weighted by Crippen LogP contribution is -2.23. The van der Waals surface area contributed by atoms with Gasteiger partial charge in [0.1, 0.15) is 13.2 Å². The van der Waals surface area contributed by atoms with Crippen LogP contribution in [0.1, 0.15) is 5.69 Å². The van der Waals surface area contributed by atoms with Crippen LogP contribution < -0.4 is 5.32 Å². The van der Waals surface area contributed by atoms with E-state index in [0.29, 0.717) is 5.69 Å². The Hall–Kier alpha value is -0.860. The zero-order chi connectivity index (χ0) is 12.9. The molecule has 9 heteroatoms. The van der Waals surface area contributed by atoms with E-state index in [0.717, 1.165) is 11.3 Å². The molecule has 96 valence electrons. The molecule has 0 aliphatic rings. The zero-order valence-electron chi connectivity index (χ0n) is 8.38. The van der Waals surface area contributed by atoms with E-state index in [1.807, 2.05) is 0 Å². The van der Waals surface area contributed by atoms with Crippen molar-refractivity contribution in [2.75, 3.05) is 18.5 Å². The summed E-state index contributed by atoms with van der Waals surface area (Å²) in [6, 6.07) is 0. The van der Waals surface area contributed by atoms with Crippen molar-refractivity contribution < 1.29 is 22.7 Å². The first-order chi connectivity index (χ1) is 7.90. The predicted molar refractivity (Wildman–Crippen MR) is 57.2 cm³/mol. The van der Waals surface area contributed by atoms with Crippen LogP contribution in [0.2, 0.25) is 0 Å². The van der Waals surface area contributed by atoms with Crippen molar-refractivity contribution in [1.29, 1.82) is 0 Å². The van der Waals surface area contributed by atoms with Crippen LogP contribution in [-0.2, 0) is 15.4 Å². The Morgan fingerprint density at radius 1 is 1.59 bits per heavy atom. The molecular formula is C8H8ClF3N2O2S. The maximum absolute atomic E-state index is 11.7. The quantitative estimate of drug-likeness (QED) is 0.847. The predicted octanol–water partition coefficient (Wildman–Crippen LogP) is 2.40. The van der Waals surface area contributed by atoms with Gasteiger partial charge in [0.05, 0.1) is 11.6 Å². The van der Waals surface area contributed by atoms with Crippen molar-refractivity contribution >= 4 is 34.0 Å². The minimum absolute atomic E-state index is 0.205. The van der Waals surface area contributed by atoms with E-state index in [2.05, 4.69) is 15.0 Å². The Bertz CT molecular complexity index is 383. The Balaban J connectivity index is 2.30. The van der Waals surface area contributed by atoms with Gasteiger partial charge in [-0.2, -0.15) is 13.2 Å². The third kappa shape index (κ3) is 5.85. The van der Waals surface area contributed by atoms with Gasteiger partial charge in [-0.3, -0.25) is 10.1 Å². The SMILES string of the molecule is O=C(COCC(F)(F)F)Nc1nc(CCl)cs1. The lowest BCUT2D eigenvalue weighted by molar-refractivity contribution is -0.174. The molecule has 0 atom stereocenters. The lowest BCUT2D eigenvalue weighted by Gasteiger charge is -2.06. The number of carbonyl (C=O) groups excluding carboxylic acids is 1. The molecule has 1 aromatic rings. The molecule has 0 fully saturated rings. The summed E-state index contributed by atoms with van der Waals surface area (Å²) in [5.41, 5.74) is 0.586. The Morgan fingerprint density at radius 2 is 2.29 bits per heavy atom. The summed E-state index contributed by atoms with van der Waals surface area (Å²) in [5.74, 6) is -0.485. The molecule has 0 saturated heterocycles. The van der Waals surface area contributed by atoms with E-state index in [1.54, 1.807) is 5.38 Å². The van der Waals surface area contributed by atoms with Gasteiger partial charge in [-0.15, -0.1) is 22.9 Å². The first-order valence-electron chi connectivity index (χ1n) is 4.35. The van der Waals surface area contributed by atoms with E-state index in [1.165, 1.54) is 0 Å². The number of nitrogens with zero attached hydrogens (tertiary/aromatic N) is 1. The summed E-state index contributed by atoms with van der Waals surface area (Å²) in [6.07, 6.45) is -4.44. The average Bonchev–Trinajstić information content (AvgIpc) is 2.63. The Morgan fingerprint density at radius 3 is 2.82 bits per heavy atom. The minimum Gasteiger partial charge on any atom is -0.362 e. The molecule has 0 bridgehead atoms. The number of halogens is 4. The monoisotopic (exact) mass is 288 g/mol. The van der Waals surface area contributed by atoms with Crippen LogP contribution in [-0.4, -0.2) is 30.3 Å². The van der Waals surface area contributed by atoms with Gasteiger partial charge < -0.3 is 4.74 Å². The second-order valence-corrected chi connectivity index (χ2v) is 4.06. The van der Waals surface area contributed by atoms with Crippen molar-refractivity contribution in [2.24, 2.45) is 0 Å². The van der Waals surface area contributed by atoms with Gasteiger partial charge in [0, 0.05) is 5.38 Å². The number of nitrogens with one attached hydrogen (secondary N) is 1. The van der Waals surface area contributed by atoms with Gasteiger partial charge in [-0.1, -0.05) is 0 Å². The van der Waals surface area contributed by atoms with Crippen LogP contribution in [0.5, 0.6) is 0 Å². The van der Waals surface area contributed by atoms with Gasteiger partial charge in [-0.05, 0) is 0 Å². The molecule has 4 nitrogen and oxygen atoms in total. The van der Waals surface area contributed by atoms with Crippen molar-refractivity contribution in [3.05, 3.63) is 11.1 Å². The van der Waals surface area contributed by atoms with Crippen LogP contribution in [0.4, 0.5) is 18.3 Å². The second kappa shape index (κ2) is 6.18. The zero-order valence-corrected chi connectivity index (χ0v) is 9.95. The Kier molecular flexibility index (Phi) is 5.16. The number of hydrogen-bond acceptors (Lipinski definition) is 4. The van der Waals surface area contributed by atoms with Gasteiger partial charge in [-0.25, -0.2) is 4.98 Å². The number of amides is 1. The molecule has 0 spiro atoms. The summed E-state index contributed by atoms with van der Waals surface area (Å²) in [6.45, 7) is -2.12. The third-order valence-corrected chi connectivity index (χ3v) is 2.51. The molecule has 1 rings (SSSR count). The molecule has 0 radical (unpaired) electrons. The first-order valence-corrected chi connectivity index (χ1v) is 5.77. The summed E-state index contributed by atoms with van der Waals surface area (Å²) in [7, 11) is 0. The fraction of sp³-hybridized carbons (Fsp3) is 0.500. The van der Waals surface area contributed by atoms with Crippen molar-refractivity contribution in [2.45, 2.75) is 12.1 Å². The van der Waals surface area contributed by atoms with Gasteiger partial charge >= 0.3 is 6.18 Å². The summed E-state index contributed by atoms with van der Waals surface area (Å²) in [4.78, 5) is 15.0. The first kappa shape index (κ1) is 14.2. The summed E-state index contributed by atoms with van der Waals surface area (Å²) in [5, 5.41) is 4.22. The number of rotatable bonds is 5. The molecule has 0 aromatic carbocycles. The highest BCUT2D eigenvalue weighted by Crippen LogP contribution is 2.17. The maximum atomic E-state index is 11.7. The molecule has 1 amide bonds. The fourth-order valence-electron chi connectivity index (χ4n) is 0.841. The van der Waals surface area contributed by atoms with Crippen molar-refractivity contribution in [1.82, 2.24) is 4.98 Å². The van der Waals surface area contributed by atoms with Crippen LogP contribution >= 0.6 is 22.9 Å². The highest BCUT2D eigenvalue weighted by molar-refractivity contribution is 7.13. The molecule has 1 heterocycles. The molecule has 17 heavy (non-hydrogen) atoms. The van der Waals surface area contributed by atoms with E-state index < -0.39 is 25.3 Å². The number of alkyl halides is 4. The molecule has 0 aliphatic carbocycles. The van der Waals surface area contributed by atoms with E-state index in [-0.39, 0.29) is 11.0 Å². The van der Waals surface area contributed by atoms with Gasteiger partial charge in [0.2, 0.25) is 0 Å². The van der Waals surface area contributed by atoms with E-state index >= 15 is 0 Å².